The van der Waals surface area contributed by atoms with Crippen molar-refractivity contribution in [2.45, 2.75) is 0 Å². The maximum absolute atomic E-state index is 14.9. The third-order valence-corrected chi connectivity index (χ3v) is 19.6. The van der Waals surface area contributed by atoms with Gasteiger partial charge in [0.2, 0.25) is 0 Å². The first-order chi connectivity index (χ1) is 61.2. The molecule has 126 heavy (non-hydrogen) atoms. The normalized spacial score (nSPS) is 11.1. The fraction of sp³-hybridized carbons (Fsp3) is 0. The summed E-state index contributed by atoms with van der Waals surface area (Å²) < 4.78 is 265. The molecule has 0 amide bonds. The zero-order valence-electron chi connectivity index (χ0n) is 63.4. The topological polar surface area (TPSA) is 206 Å². The Morgan fingerprint density at radius 3 is 0.484 bits per heavy atom. The molecule has 19 rings (SSSR count). The van der Waals surface area contributed by atoms with Crippen molar-refractivity contribution in [3.63, 3.8) is 0 Å². The highest BCUT2D eigenvalue weighted by Crippen LogP contribution is 2.56. The summed E-state index contributed by atoms with van der Waals surface area (Å²) in [4.78, 5) is 62.6. The van der Waals surface area contributed by atoms with Crippen molar-refractivity contribution >= 4 is 32.3 Å². The Balaban J connectivity index is 0.000000126. The van der Waals surface area contributed by atoms with Crippen LogP contribution < -0.4 is 0 Å². The van der Waals surface area contributed by atoms with Gasteiger partial charge in [-0.3, -0.25) is 49.8 Å². The van der Waals surface area contributed by atoms with Crippen LogP contribution >= 0.6 is 0 Å². The van der Waals surface area contributed by atoms with Crippen molar-refractivity contribution in [3.8, 4) is 134 Å². The first-order valence-corrected chi connectivity index (χ1v) is 36.7. The fourth-order valence-corrected chi connectivity index (χ4v) is 14.3. The highest BCUT2D eigenvalue weighted by Gasteiger charge is 2.37. The molecule has 34 heteroatoms. The molecule has 0 saturated carbocycles. The van der Waals surface area contributed by atoms with Gasteiger partial charge >= 0.3 is 0 Å². The van der Waals surface area contributed by atoms with E-state index in [0.717, 1.165) is 129 Å². The van der Waals surface area contributed by atoms with E-state index in [0.29, 0.717) is 0 Å². The number of pyridine rings is 10. The van der Waals surface area contributed by atoms with Crippen molar-refractivity contribution in [1.82, 2.24) is 79.7 Å². The molecule has 19 aromatic rings. The molecule has 0 bridgehead atoms. The summed E-state index contributed by atoms with van der Waals surface area (Å²) >= 11 is 0. The van der Waals surface area contributed by atoms with Crippen molar-refractivity contribution in [3.05, 3.63) is 375 Å². The van der Waals surface area contributed by atoms with Gasteiger partial charge in [0.05, 0.1) is 65.7 Å². The minimum absolute atomic E-state index is 0.163. The molecule has 0 fully saturated rings. The lowest BCUT2D eigenvalue weighted by Crippen LogP contribution is -2.07. The highest BCUT2D eigenvalue weighted by atomic mass is 19.2. The number of rotatable bonds is 12. The number of aromatic nitrogens is 16. The predicted molar refractivity (Wildman–Crippen MR) is 427 cm³/mol. The molecular formula is C92H44F18N16. The number of hydrogen-bond acceptors (Lipinski definition) is 16. The Morgan fingerprint density at radius 1 is 0.135 bits per heavy atom. The summed E-state index contributed by atoms with van der Waals surface area (Å²) in [7, 11) is 0. The summed E-state index contributed by atoms with van der Waals surface area (Å²) in [5, 5.41) is -8.14. The Kier molecular flexibility index (Phi) is 23.6. The van der Waals surface area contributed by atoms with Gasteiger partial charge in [0.15, 0.2) is 81.5 Å². The predicted octanol–water partition coefficient (Wildman–Crippen LogP) is 23.0. The Labute approximate surface area is 697 Å². The molecule has 16 nitrogen and oxygen atoms in total. The number of halogens is 18. The van der Waals surface area contributed by atoms with Crippen LogP contribution in [0.4, 0.5) is 79.0 Å². The van der Waals surface area contributed by atoms with Crippen molar-refractivity contribution < 1.29 is 79.0 Å². The van der Waals surface area contributed by atoms with Gasteiger partial charge in [0, 0.05) is 202 Å². The molecule has 0 N–H and O–H groups in total. The van der Waals surface area contributed by atoms with Crippen LogP contribution in [-0.2, 0) is 0 Å². The van der Waals surface area contributed by atoms with Crippen LogP contribution in [0.15, 0.2) is 271 Å². The van der Waals surface area contributed by atoms with Crippen LogP contribution in [0, 0.1) is 105 Å². The Bertz CT molecular complexity index is 6170. The van der Waals surface area contributed by atoms with E-state index < -0.39 is 182 Å². The van der Waals surface area contributed by atoms with Gasteiger partial charge in [0.25, 0.3) is 0 Å². The lowest BCUT2D eigenvalue weighted by atomic mass is 9.75. The molecule has 0 saturated heterocycles. The molecule has 12 aromatic heterocycles. The van der Waals surface area contributed by atoms with Gasteiger partial charge in [0.1, 0.15) is 60.2 Å². The van der Waals surface area contributed by atoms with Gasteiger partial charge < -0.3 is 0 Å². The van der Waals surface area contributed by atoms with Crippen LogP contribution in [-0.4, -0.2) is 79.7 Å². The average molecular weight is 1720 g/mol. The molecular weight excluding hydrogens is 1670 g/mol. The number of benzene rings is 7. The third kappa shape index (κ3) is 15.2. The second kappa shape index (κ2) is 35.7. The lowest BCUT2D eigenvalue weighted by molar-refractivity contribution is 0.485. The standard InChI is InChI=1S/C36H24N6.2C20H8F6N2.C16H4F6N6/c1-7-25(19-37-13-1)31-32(26-8-2-14-38-20-26)34(28-10-4-16-40-22-28)36(30-12-6-18-42-24-30)35(29-11-5-17-41-23-29)33(31)27-9-3-15-39-21-27;21-15-11(9-1-5-27-6-2-9)17(23)19(25)14-13(15)20(26)18(24)12(16(14)22)10-3-7-28-8-4-10;21-15-11(9-3-1-5-27-7-9)17(23)19(25)14-13(15)20(26)18(24)12(16(14)22)10-4-2-6-28-8-10;17-9-5-6(11(19)13(21)7(9)15-25-1-23-2-26-15)10(18)8(14(22)12(5)20)16-27-3-24-4-28-16/h1-24H;2*1-8H;1-4H. The van der Waals surface area contributed by atoms with Crippen molar-refractivity contribution in [2.24, 2.45) is 0 Å². The van der Waals surface area contributed by atoms with Crippen LogP contribution in [0.5, 0.6) is 0 Å². The van der Waals surface area contributed by atoms with Crippen LogP contribution in [0.25, 0.3) is 166 Å². The average Bonchev–Trinajstić information content (AvgIpc) is 0.722. The molecule has 7 aromatic carbocycles. The monoisotopic (exact) mass is 1710 g/mol. The second-order valence-electron chi connectivity index (χ2n) is 26.7. The Hall–Kier alpha value is -16.4. The van der Waals surface area contributed by atoms with Crippen LogP contribution in [0.3, 0.4) is 0 Å². The molecule has 0 aliphatic rings. The van der Waals surface area contributed by atoms with Gasteiger partial charge in [-0.15, -0.1) is 0 Å². The van der Waals surface area contributed by atoms with E-state index in [4.69, 9.17) is 0 Å². The molecule has 618 valence electrons. The van der Waals surface area contributed by atoms with E-state index in [-0.39, 0.29) is 22.3 Å². The number of fused-ring (bicyclic) bond motifs is 3. The van der Waals surface area contributed by atoms with Crippen LogP contribution in [0.1, 0.15) is 0 Å². The van der Waals surface area contributed by atoms with Gasteiger partial charge in [-0.1, -0.05) is 48.5 Å². The largest absolute Gasteiger partial charge is 0.265 e. The zero-order chi connectivity index (χ0) is 88.1. The summed E-state index contributed by atoms with van der Waals surface area (Å²) in [6.45, 7) is 0. The molecule has 12 heterocycles. The fourth-order valence-electron chi connectivity index (χ4n) is 14.3. The zero-order valence-corrected chi connectivity index (χ0v) is 63.4. The highest BCUT2D eigenvalue weighted by molar-refractivity contribution is 6.15. The van der Waals surface area contributed by atoms with Crippen molar-refractivity contribution in [2.75, 3.05) is 0 Å². The molecule has 0 atom stereocenters. The lowest BCUT2D eigenvalue weighted by Gasteiger charge is -2.28. The van der Waals surface area contributed by atoms with E-state index in [9.17, 15) is 79.0 Å². The van der Waals surface area contributed by atoms with Gasteiger partial charge in [-0.05, 0) is 83.9 Å². The first kappa shape index (κ1) is 83.2. The van der Waals surface area contributed by atoms with Crippen LogP contribution in [0.2, 0.25) is 0 Å². The quantitative estimate of drug-likeness (QED) is 0.0823. The number of hydrogen-bond donors (Lipinski definition) is 0. The van der Waals surface area contributed by atoms with Gasteiger partial charge in [-0.25, -0.2) is 109 Å². The Morgan fingerprint density at radius 2 is 0.302 bits per heavy atom. The molecule has 0 spiro atoms. The van der Waals surface area contributed by atoms with E-state index in [2.05, 4.69) is 116 Å². The van der Waals surface area contributed by atoms with Crippen molar-refractivity contribution in [1.29, 1.82) is 0 Å². The molecule has 0 unspecified atom stereocenters. The second-order valence-corrected chi connectivity index (χ2v) is 26.7. The first-order valence-electron chi connectivity index (χ1n) is 36.7. The summed E-state index contributed by atoms with van der Waals surface area (Å²) in [6, 6.07) is 34.1. The van der Waals surface area contributed by atoms with E-state index in [1.165, 1.54) is 61.4 Å². The number of nitrogens with zero attached hydrogens (tertiary/aromatic N) is 16. The smallest absolute Gasteiger partial charge is 0.173 e. The summed E-state index contributed by atoms with van der Waals surface area (Å²) in [5.41, 5.74) is 5.02. The maximum atomic E-state index is 14.9. The minimum atomic E-state index is -1.96. The molecule has 0 aliphatic heterocycles. The SMILES string of the molecule is Fc1c(-c2cccnc2)c(F)c2c(F)c(F)c(-c3cccnc3)c(F)c2c1F.Fc1c(-c2ccncc2)c(F)c2c(F)c(F)c(-c3ccncc3)c(F)c2c1F.Fc1c(-c2ncncn2)c(F)c2c(F)c(F)c(-c3ncncn3)c(F)c2c1F.c1cncc(-c2c(-c3cccnc3)c(-c3cccnc3)c(-c3cccnc3)c(-c3cccnc3)c2-c2cccnc2)c1. The summed E-state index contributed by atoms with van der Waals surface area (Å²) in [6.07, 6.45) is 35.0. The maximum Gasteiger partial charge on any atom is 0.173 e. The molecule has 0 aliphatic carbocycles. The van der Waals surface area contributed by atoms with E-state index in [1.54, 1.807) is 37.2 Å². The van der Waals surface area contributed by atoms with E-state index in [1.807, 2.05) is 73.6 Å². The minimum Gasteiger partial charge on any atom is -0.265 e. The third-order valence-electron chi connectivity index (χ3n) is 19.6. The van der Waals surface area contributed by atoms with Gasteiger partial charge in [-0.2, -0.15) is 0 Å². The molecule has 0 radical (unpaired) electrons. The summed E-state index contributed by atoms with van der Waals surface area (Å²) in [5.74, 6) is -33.3. The van der Waals surface area contributed by atoms with E-state index >= 15 is 0 Å².